The minimum absolute atomic E-state index is 0.102. The Balaban J connectivity index is 2.21. The lowest BCUT2D eigenvalue weighted by atomic mass is 9.84. The summed E-state index contributed by atoms with van der Waals surface area (Å²) in [6, 6.07) is 8.07. The van der Waals surface area contributed by atoms with Gasteiger partial charge in [0, 0.05) is 6.61 Å². The number of hydrogen-bond donors (Lipinski definition) is 1. The number of ether oxygens (including phenoxy) is 1. The fraction of sp³-hybridized carbons (Fsp3) is 0.632. The maximum atomic E-state index is 12.7. The summed E-state index contributed by atoms with van der Waals surface area (Å²) in [7, 11) is 0. The van der Waals surface area contributed by atoms with E-state index in [2.05, 4.69) is 0 Å². The van der Waals surface area contributed by atoms with Gasteiger partial charge in [-0.25, -0.2) is 0 Å². The lowest BCUT2D eigenvalue weighted by molar-refractivity contribution is -0.158. The van der Waals surface area contributed by atoms with Crippen molar-refractivity contribution < 1.29 is 14.6 Å². The van der Waals surface area contributed by atoms with E-state index in [0.29, 0.717) is 12.3 Å². The summed E-state index contributed by atoms with van der Waals surface area (Å²) in [6.45, 7) is 5.90. The topological polar surface area (TPSA) is 46.5 Å². The van der Waals surface area contributed by atoms with Gasteiger partial charge in [-0.3, -0.25) is 4.79 Å². The summed E-state index contributed by atoms with van der Waals surface area (Å²) in [5.74, 6) is 0.123. The van der Waals surface area contributed by atoms with E-state index < -0.39 is 5.60 Å². The minimum Gasteiger partial charge on any atom is -0.459 e. The summed E-state index contributed by atoms with van der Waals surface area (Å²) in [4.78, 5) is 12.7. The molecule has 1 aromatic rings. The fourth-order valence-corrected chi connectivity index (χ4v) is 3.28. The molecule has 1 atom stereocenters. The van der Waals surface area contributed by atoms with E-state index in [1.54, 1.807) is 0 Å². The fourth-order valence-electron chi connectivity index (χ4n) is 3.28. The third-order valence-electron chi connectivity index (χ3n) is 4.27. The van der Waals surface area contributed by atoms with Gasteiger partial charge < -0.3 is 9.84 Å². The molecule has 1 aliphatic carbocycles. The number of esters is 1. The zero-order valence-corrected chi connectivity index (χ0v) is 14.0. The summed E-state index contributed by atoms with van der Waals surface area (Å²) >= 11 is 0. The maximum absolute atomic E-state index is 12.7. The first-order valence-corrected chi connectivity index (χ1v) is 8.33. The second-order valence-electron chi connectivity index (χ2n) is 7.27. The third kappa shape index (κ3) is 4.57. The lowest BCUT2D eigenvalue weighted by Crippen LogP contribution is -2.30. The molecule has 1 aromatic carbocycles. The van der Waals surface area contributed by atoms with Crippen LogP contribution in [0.25, 0.3) is 0 Å². The van der Waals surface area contributed by atoms with E-state index in [0.717, 1.165) is 24.0 Å². The Labute approximate surface area is 133 Å². The molecule has 0 bridgehead atoms. The van der Waals surface area contributed by atoms with E-state index in [-0.39, 0.29) is 18.5 Å². The molecule has 1 aliphatic rings. The highest BCUT2D eigenvalue weighted by atomic mass is 16.6. The summed E-state index contributed by atoms with van der Waals surface area (Å²) in [6.07, 6.45) is 5.25. The monoisotopic (exact) mass is 304 g/mol. The van der Waals surface area contributed by atoms with Crippen molar-refractivity contribution in [1.82, 2.24) is 0 Å². The van der Waals surface area contributed by atoms with Gasteiger partial charge in [0.2, 0.25) is 0 Å². The maximum Gasteiger partial charge on any atom is 0.314 e. The molecule has 0 aromatic heterocycles. The van der Waals surface area contributed by atoms with Crippen molar-refractivity contribution in [2.24, 2.45) is 5.92 Å². The van der Waals surface area contributed by atoms with Crippen LogP contribution in [0.3, 0.4) is 0 Å². The average molecular weight is 304 g/mol. The average Bonchev–Trinajstić information content (AvgIpc) is 2.93. The van der Waals surface area contributed by atoms with E-state index in [1.807, 2.05) is 45.0 Å². The molecule has 3 nitrogen and oxygen atoms in total. The van der Waals surface area contributed by atoms with Gasteiger partial charge in [0.15, 0.2) is 0 Å². The molecule has 0 radical (unpaired) electrons. The molecule has 3 heteroatoms. The molecule has 0 spiro atoms. The number of carbonyl (C=O) groups is 1. The van der Waals surface area contributed by atoms with Gasteiger partial charge in [-0.2, -0.15) is 0 Å². The number of carbonyl (C=O) groups excluding carboxylic acids is 1. The second-order valence-corrected chi connectivity index (χ2v) is 7.27. The van der Waals surface area contributed by atoms with E-state index in [4.69, 9.17) is 9.84 Å². The van der Waals surface area contributed by atoms with E-state index in [1.165, 1.54) is 12.8 Å². The van der Waals surface area contributed by atoms with E-state index >= 15 is 0 Å². The normalized spacial score (nSPS) is 17.5. The molecule has 22 heavy (non-hydrogen) atoms. The van der Waals surface area contributed by atoms with Gasteiger partial charge in [0.05, 0.1) is 5.92 Å². The quantitative estimate of drug-likeness (QED) is 0.841. The van der Waals surface area contributed by atoms with Gasteiger partial charge in [-0.05, 0) is 57.1 Å². The Morgan fingerprint density at radius 3 is 2.32 bits per heavy atom. The largest absolute Gasteiger partial charge is 0.459 e. The molecular formula is C19H28O3. The number of aliphatic hydroxyl groups excluding tert-OH is 1. The number of hydrogen-bond acceptors (Lipinski definition) is 3. The van der Waals surface area contributed by atoms with Crippen molar-refractivity contribution in [2.45, 2.75) is 64.4 Å². The molecule has 0 amide bonds. The molecular weight excluding hydrogens is 276 g/mol. The van der Waals surface area contributed by atoms with E-state index in [9.17, 15) is 4.79 Å². The Morgan fingerprint density at radius 1 is 1.23 bits per heavy atom. The van der Waals surface area contributed by atoms with Crippen LogP contribution in [-0.4, -0.2) is 23.3 Å². The van der Waals surface area contributed by atoms with Crippen LogP contribution in [0.15, 0.2) is 24.3 Å². The first-order chi connectivity index (χ1) is 10.4. The van der Waals surface area contributed by atoms with Crippen molar-refractivity contribution in [2.75, 3.05) is 6.61 Å². The lowest BCUT2D eigenvalue weighted by Gasteiger charge is -2.27. The van der Waals surface area contributed by atoms with Gasteiger partial charge >= 0.3 is 5.97 Å². The minimum atomic E-state index is -0.454. The third-order valence-corrected chi connectivity index (χ3v) is 4.27. The van der Waals surface area contributed by atoms with Gasteiger partial charge in [0.25, 0.3) is 0 Å². The highest BCUT2D eigenvalue weighted by Crippen LogP contribution is 2.39. The molecule has 0 aliphatic heterocycles. The highest BCUT2D eigenvalue weighted by molar-refractivity contribution is 5.79. The second kappa shape index (κ2) is 7.28. The van der Waals surface area contributed by atoms with Gasteiger partial charge in [0.1, 0.15) is 5.60 Å². The zero-order valence-electron chi connectivity index (χ0n) is 14.0. The van der Waals surface area contributed by atoms with Crippen molar-refractivity contribution in [3.63, 3.8) is 0 Å². The van der Waals surface area contributed by atoms with Crippen LogP contribution in [-0.2, 0) is 16.0 Å². The van der Waals surface area contributed by atoms with Crippen LogP contribution in [0.2, 0.25) is 0 Å². The van der Waals surface area contributed by atoms with Crippen LogP contribution in [0.1, 0.15) is 63.5 Å². The molecule has 122 valence electrons. The Kier molecular flexibility index (Phi) is 5.63. The Bertz CT molecular complexity index is 478. The predicted octanol–water partition coefficient (Wildman–Crippen LogP) is 3.84. The molecule has 1 fully saturated rings. The van der Waals surface area contributed by atoms with Crippen molar-refractivity contribution >= 4 is 5.97 Å². The van der Waals surface area contributed by atoms with Gasteiger partial charge in [-0.1, -0.05) is 37.1 Å². The summed E-state index contributed by atoms with van der Waals surface area (Å²) in [5, 5.41) is 9.01. The molecule has 1 N–H and O–H groups in total. The Morgan fingerprint density at radius 2 is 1.82 bits per heavy atom. The molecule has 1 unspecified atom stereocenters. The van der Waals surface area contributed by atoms with Crippen LogP contribution >= 0.6 is 0 Å². The van der Waals surface area contributed by atoms with Gasteiger partial charge in [-0.15, -0.1) is 0 Å². The zero-order chi connectivity index (χ0) is 16.2. The predicted molar refractivity (Wildman–Crippen MR) is 87.8 cm³/mol. The first-order valence-electron chi connectivity index (χ1n) is 8.33. The SMILES string of the molecule is CC(C)(C)OC(=O)C(c1ccc(CCO)cc1)C1CCCC1. The number of rotatable bonds is 5. The molecule has 0 saturated heterocycles. The van der Waals surface area contributed by atoms with Crippen LogP contribution in [0, 0.1) is 5.92 Å². The first kappa shape index (κ1) is 17.0. The smallest absolute Gasteiger partial charge is 0.314 e. The highest BCUT2D eigenvalue weighted by Gasteiger charge is 2.35. The summed E-state index contributed by atoms with van der Waals surface area (Å²) < 4.78 is 5.67. The van der Waals surface area contributed by atoms with Crippen molar-refractivity contribution in [1.29, 1.82) is 0 Å². The molecule has 2 rings (SSSR count). The number of aliphatic hydroxyl groups is 1. The van der Waals surface area contributed by atoms with Crippen molar-refractivity contribution in [3.05, 3.63) is 35.4 Å². The van der Waals surface area contributed by atoms with Crippen molar-refractivity contribution in [3.8, 4) is 0 Å². The molecule has 1 saturated carbocycles. The molecule has 0 heterocycles. The van der Waals surface area contributed by atoms with Crippen LogP contribution < -0.4 is 0 Å². The summed E-state index contributed by atoms with van der Waals surface area (Å²) in [5.41, 5.74) is 1.69. The Hall–Kier alpha value is -1.35. The standard InChI is InChI=1S/C19H28O3/c1-19(2,3)22-18(21)17(15-6-4-5-7-15)16-10-8-14(9-11-16)12-13-20/h8-11,15,17,20H,4-7,12-13H2,1-3H3. The van der Waals surface area contributed by atoms with Crippen LogP contribution in [0.5, 0.6) is 0 Å². The van der Waals surface area contributed by atoms with Crippen LogP contribution in [0.4, 0.5) is 0 Å². The number of benzene rings is 1.